The van der Waals surface area contributed by atoms with Gasteiger partial charge in [0.2, 0.25) is 5.91 Å². The maximum atomic E-state index is 12.8. The summed E-state index contributed by atoms with van der Waals surface area (Å²) in [4.78, 5) is 26.6. The maximum Gasteiger partial charge on any atom is 0.225 e. The van der Waals surface area contributed by atoms with E-state index in [9.17, 15) is 4.79 Å². The van der Waals surface area contributed by atoms with Crippen molar-refractivity contribution in [3.63, 3.8) is 0 Å². The van der Waals surface area contributed by atoms with E-state index in [-0.39, 0.29) is 11.9 Å². The topological polar surface area (TPSA) is 76.0 Å². The molecule has 0 aromatic carbocycles. The first-order chi connectivity index (χ1) is 11.6. The van der Waals surface area contributed by atoms with Crippen LogP contribution in [-0.2, 0) is 16.1 Å². The summed E-state index contributed by atoms with van der Waals surface area (Å²) in [5, 5.41) is 0. The van der Waals surface area contributed by atoms with E-state index in [0.717, 1.165) is 17.3 Å². The molecule has 0 radical (unpaired) electrons. The van der Waals surface area contributed by atoms with Crippen LogP contribution in [0.2, 0.25) is 0 Å². The van der Waals surface area contributed by atoms with Gasteiger partial charge in [-0.3, -0.25) is 4.79 Å². The molecule has 0 aliphatic carbocycles. The van der Waals surface area contributed by atoms with Gasteiger partial charge in [-0.05, 0) is 6.92 Å². The van der Waals surface area contributed by atoms with Gasteiger partial charge >= 0.3 is 0 Å². The van der Waals surface area contributed by atoms with Crippen molar-refractivity contribution in [2.75, 3.05) is 19.8 Å². The van der Waals surface area contributed by atoms with Crippen LogP contribution < -0.4 is 0 Å². The van der Waals surface area contributed by atoms with Crippen LogP contribution >= 0.6 is 0 Å². The van der Waals surface area contributed by atoms with E-state index in [1.807, 2.05) is 18.0 Å². The highest BCUT2D eigenvalue weighted by Crippen LogP contribution is 2.23. The first kappa shape index (κ1) is 16.7. The molecule has 0 unspecified atom stereocenters. The van der Waals surface area contributed by atoms with E-state index >= 15 is 0 Å². The number of carbonyl (C=O) groups excluding carboxylic acids is 1. The van der Waals surface area contributed by atoms with Crippen molar-refractivity contribution in [1.29, 1.82) is 0 Å². The van der Waals surface area contributed by atoms with Crippen molar-refractivity contribution >= 4 is 5.91 Å². The minimum absolute atomic E-state index is 0.126. The van der Waals surface area contributed by atoms with Gasteiger partial charge in [-0.1, -0.05) is 13.8 Å². The minimum Gasteiger partial charge on any atom is -0.377 e. The number of rotatable bonds is 5. The zero-order chi connectivity index (χ0) is 17.1. The van der Waals surface area contributed by atoms with Gasteiger partial charge in [-0.15, -0.1) is 0 Å². The van der Waals surface area contributed by atoms with Crippen LogP contribution in [-0.4, -0.2) is 50.1 Å². The molecule has 0 saturated carbocycles. The van der Waals surface area contributed by atoms with Gasteiger partial charge < -0.3 is 19.2 Å². The Balaban J connectivity index is 1.67. The number of morpholine rings is 1. The normalized spacial score (nSPS) is 18.3. The number of aromatic nitrogens is 4. The number of carbonyl (C=O) groups is 1. The maximum absolute atomic E-state index is 12.8. The summed E-state index contributed by atoms with van der Waals surface area (Å²) in [6.45, 7) is 8.48. The van der Waals surface area contributed by atoms with Crippen molar-refractivity contribution < 1.29 is 9.53 Å². The fourth-order valence-corrected chi connectivity index (χ4v) is 3.10. The van der Waals surface area contributed by atoms with E-state index in [4.69, 9.17) is 4.74 Å². The fourth-order valence-electron chi connectivity index (χ4n) is 3.10. The van der Waals surface area contributed by atoms with E-state index < -0.39 is 0 Å². The summed E-state index contributed by atoms with van der Waals surface area (Å²) < 4.78 is 7.62. The quantitative estimate of drug-likeness (QED) is 0.909. The second-order valence-electron chi connectivity index (χ2n) is 6.51. The van der Waals surface area contributed by atoms with Gasteiger partial charge in [0.1, 0.15) is 17.7 Å². The van der Waals surface area contributed by atoms with Crippen LogP contribution in [0.15, 0.2) is 18.6 Å². The lowest BCUT2D eigenvalue weighted by Gasteiger charge is -2.34. The molecule has 130 valence electrons. The molecule has 1 aliphatic rings. The highest BCUT2D eigenvalue weighted by Gasteiger charge is 2.30. The number of ether oxygens (including phenoxy) is 1. The number of nitrogens with zero attached hydrogens (tertiary/aromatic N) is 4. The number of amides is 1. The predicted molar refractivity (Wildman–Crippen MR) is 89.5 cm³/mol. The molecule has 1 amide bonds. The average Bonchev–Trinajstić information content (AvgIpc) is 3.21. The standard InChI is InChI=1S/C17H25N5O2/c1-12(2)17-18-5-7-21(17)6-4-15(23)22-8-9-24-11-14(22)16-19-10-13(3)20-16/h5,7,10,12,14H,4,6,8-9,11H2,1-3H3,(H,19,20)/t14-/m0/s1. The van der Waals surface area contributed by atoms with Crippen LogP contribution in [0.25, 0.3) is 0 Å². The number of aryl methyl sites for hydroxylation is 2. The number of H-pyrrole nitrogens is 1. The predicted octanol–water partition coefficient (Wildman–Crippen LogP) is 2.03. The molecule has 7 nitrogen and oxygen atoms in total. The van der Waals surface area contributed by atoms with E-state index in [1.54, 1.807) is 12.4 Å². The van der Waals surface area contributed by atoms with Crippen LogP contribution in [0.1, 0.15) is 49.6 Å². The summed E-state index contributed by atoms with van der Waals surface area (Å²) in [5.41, 5.74) is 0.989. The molecule has 7 heteroatoms. The van der Waals surface area contributed by atoms with Gasteiger partial charge in [0.05, 0.1) is 13.2 Å². The smallest absolute Gasteiger partial charge is 0.225 e. The van der Waals surface area contributed by atoms with Crippen LogP contribution in [0.3, 0.4) is 0 Å². The van der Waals surface area contributed by atoms with Gasteiger partial charge in [0.15, 0.2) is 0 Å². The monoisotopic (exact) mass is 331 g/mol. The second kappa shape index (κ2) is 7.17. The molecule has 24 heavy (non-hydrogen) atoms. The average molecular weight is 331 g/mol. The van der Waals surface area contributed by atoms with Crippen molar-refractivity contribution in [1.82, 2.24) is 24.4 Å². The summed E-state index contributed by atoms with van der Waals surface area (Å²) in [6, 6.07) is -0.132. The summed E-state index contributed by atoms with van der Waals surface area (Å²) >= 11 is 0. The molecule has 2 aromatic rings. The molecule has 2 aromatic heterocycles. The molecule has 1 aliphatic heterocycles. The summed E-state index contributed by atoms with van der Waals surface area (Å²) in [5.74, 6) is 2.28. The third-order valence-electron chi connectivity index (χ3n) is 4.32. The van der Waals surface area contributed by atoms with Crippen molar-refractivity contribution in [2.24, 2.45) is 0 Å². The molecule has 3 rings (SSSR count). The third kappa shape index (κ3) is 3.51. The van der Waals surface area contributed by atoms with Crippen molar-refractivity contribution in [2.45, 2.75) is 45.7 Å². The number of imidazole rings is 2. The number of nitrogens with one attached hydrogen (secondary N) is 1. The minimum atomic E-state index is -0.132. The molecular formula is C17H25N5O2. The Morgan fingerprint density at radius 2 is 2.29 bits per heavy atom. The lowest BCUT2D eigenvalue weighted by Crippen LogP contribution is -2.44. The Morgan fingerprint density at radius 1 is 1.46 bits per heavy atom. The van der Waals surface area contributed by atoms with Crippen molar-refractivity contribution in [3.8, 4) is 0 Å². The van der Waals surface area contributed by atoms with Crippen molar-refractivity contribution in [3.05, 3.63) is 35.9 Å². The highest BCUT2D eigenvalue weighted by atomic mass is 16.5. The Labute approximate surface area is 142 Å². The Bertz CT molecular complexity index is 691. The number of aromatic amines is 1. The first-order valence-corrected chi connectivity index (χ1v) is 8.46. The van der Waals surface area contributed by atoms with Gasteiger partial charge in [0.25, 0.3) is 0 Å². The lowest BCUT2D eigenvalue weighted by molar-refractivity contribution is -0.140. The van der Waals surface area contributed by atoms with Crippen LogP contribution in [0.5, 0.6) is 0 Å². The molecule has 3 heterocycles. The largest absolute Gasteiger partial charge is 0.377 e. The van der Waals surface area contributed by atoms with Gasteiger partial charge in [-0.25, -0.2) is 9.97 Å². The van der Waals surface area contributed by atoms with Gasteiger partial charge in [0, 0.05) is 49.7 Å². The summed E-state index contributed by atoms with van der Waals surface area (Å²) in [6.07, 6.45) is 5.97. The van der Waals surface area contributed by atoms with E-state index in [1.165, 1.54) is 0 Å². The molecule has 1 saturated heterocycles. The molecule has 0 spiro atoms. The molecular weight excluding hydrogens is 306 g/mol. The van der Waals surface area contributed by atoms with E-state index in [0.29, 0.717) is 38.6 Å². The van der Waals surface area contributed by atoms with Gasteiger partial charge in [-0.2, -0.15) is 0 Å². The highest BCUT2D eigenvalue weighted by molar-refractivity contribution is 5.76. The first-order valence-electron chi connectivity index (χ1n) is 8.46. The number of hydrogen-bond acceptors (Lipinski definition) is 4. The number of hydrogen-bond donors (Lipinski definition) is 1. The lowest BCUT2D eigenvalue weighted by atomic mass is 10.2. The van der Waals surface area contributed by atoms with Crippen LogP contribution in [0, 0.1) is 6.92 Å². The SMILES string of the molecule is Cc1cnc([C@@H]2COCCN2C(=O)CCn2ccnc2C(C)C)[nH]1. The molecule has 1 atom stereocenters. The Kier molecular flexibility index (Phi) is 4.99. The molecule has 0 bridgehead atoms. The van der Waals surface area contributed by atoms with E-state index in [2.05, 4.69) is 33.4 Å². The second-order valence-corrected chi connectivity index (χ2v) is 6.51. The Morgan fingerprint density at radius 3 is 3.00 bits per heavy atom. The molecule has 1 fully saturated rings. The molecule has 1 N–H and O–H groups in total. The Hall–Kier alpha value is -2.15. The summed E-state index contributed by atoms with van der Waals surface area (Å²) in [7, 11) is 0. The third-order valence-corrected chi connectivity index (χ3v) is 4.32. The zero-order valence-corrected chi connectivity index (χ0v) is 14.5. The van der Waals surface area contributed by atoms with Crippen LogP contribution in [0.4, 0.5) is 0 Å². The fraction of sp³-hybridized carbons (Fsp3) is 0.588. The zero-order valence-electron chi connectivity index (χ0n) is 14.5.